The second kappa shape index (κ2) is 10.1. The van der Waals surface area contributed by atoms with E-state index in [1.807, 2.05) is 0 Å². The minimum absolute atomic E-state index is 0.0461. The summed E-state index contributed by atoms with van der Waals surface area (Å²) in [5, 5.41) is 11.3. The maximum absolute atomic E-state index is 12.1. The van der Waals surface area contributed by atoms with Crippen LogP contribution in [0.4, 0.5) is 0 Å². The lowest BCUT2D eigenvalue weighted by Gasteiger charge is -2.60. The number of hydrogen-bond donors (Lipinski definition) is 2. The van der Waals surface area contributed by atoms with Gasteiger partial charge in [-0.25, -0.2) is 0 Å². The van der Waals surface area contributed by atoms with E-state index in [0.29, 0.717) is 23.9 Å². The van der Waals surface area contributed by atoms with Crippen LogP contribution in [0.5, 0.6) is 0 Å². The number of hydrogen-bond acceptors (Lipinski definition) is 3. The van der Waals surface area contributed by atoms with Gasteiger partial charge in [0, 0.05) is 11.8 Å². The van der Waals surface area contributed by atoms with E-state index in [1.165, 1.54) is 64.2 Å². The van der Waals surface area contributed by atoms with Crippen molar-refractivity contribution in [2.45, 2.75) is 130 Å². The molecule has 1 saturated heterocycles. The summed E-state index contributed by atoms with van der Waals surface area (Å²) in [6, 6.07) is 0. The van der Waals surface area contributed by atoms with Crippen LogP contribution in [0.15, 0.2) is 0 Å². The van der Waals surface area contributed by atoms with Gasteiger partial charge in [0.15, 0.2) is 0 Å². The van der Waals surface area contributed by atoms with E-state index >= 15 is 0 Å². The monoisotopic (exact) mass is 515 g/mol. The maximum Gasteiger partial charge on any atom is 0.322 e. The van der Waals surface area contributed by atoms with Crippen molar-refractivity contribution in [2.75, 3.05) is 6.54 Å². The fourth-order valence-electron chi connectivity index (χ4n) is 10.6. The number of nitrogens with one attached hydrogen (secondary N) is 1. The van der Waals surface area contributed by atoms with Crippen LogP contribution in [-0.4, -0.2) is 35.2 Å². The van der Waals surface area contributed by atoms with Crippen molar-refractivity contribution in [3.05, 3.63) is 0 Å². The number of ether oxygens (including phenoxy) is 1. The molecule has 1 amide bonds. The largest absolute Gasteiger partial charge is 0.480 e. The molecule has 10 atom stereocenters. The van der Waals surface area contributed by atoms with Crippen molar-refractivity contribution < 1.29 is 19.4 Å². The van der Waals surface area contributed by atoms with Crippen LogP contribution in [0.25, 0.3) is 0 Å². The van der Waals surface area contributed by atoms with Gasteiger partial charge in [0.25, 0.3) is 0 Å². The number of carbonyl (C=O) groups excluding carboxylic acids is 1. The summed E-state index contributed by atoms with van der Waals surface area (Å²) in [6.07, 6.45) is 16.3. The number of carboxylic acids is 1. The average molecular weight is 516 g/mol. The second-order valence-corrected chi connectivity index (χ2v) is 14.9. The molecule has 1 heterocycles. The second-order valence-electron chi connectivity index (χ2n) is 14.9. The number of carboxylic acid groups (broad SMARTS) is 1. The molecule has 5 rings (SSSR count). The van der Waals surface area contributed by atoms with Crippen molar-refractivity contribution >= 4 is 11.9 Å². The van der Waals surface area contributed by atoms with Crippen molar-refractivity contribution in [1.29, 1.82) is 0 Å². The van der Waals surface area contributed by atoms with Crippen LogP contribution < -0.4 is 5.32 Å². The van der Waals surface area contributed by atoms with E-state index in [1.54, 1.807) is 0 Å². The van der Waals surface area contributed by atoms with E-state index < -0.39 is 5.97 Å². The fraction of sp³-hybridized carbons (Fsp3) is 0.938. The molecule has 0 aromatic carbocycles. The zero-order chi connectivity index (χ0) is 26.6. The van der Waals surface area contributed by atoms with Crippen LogP contribution in [0, 0.1) is 52.3 Å². The van der Waals surface area contributed by atoms with Crippen LogP contribution in [0.3, 0.4) is 0 Å². The predicted molar refractivity (Wildman–Crippen MR) is 146 cm³/mol. The Morgan fingerprint density at radius 1 is 1.03 bits per heavy atom. The molecular weight excluding hydrogens is 462 g/mol. The molecule has 2 N–H and O–H groups in total. The Kier molecular flexibility index (Phi) is 7.53. The quantitative estimate of drug-likeness (QED) is 0.312. The van der Waals surface area contributed by atoms with Gasteiger partial charge < -0.3 is 15.2 Å². The minimum atomic E-state index is -0.982. The first-order chi connectivity index (χ1) is 17.5. The molecule has 1 unspecified atom stereocenters. The Hall–Kier alpha value is -1.10. The highest BCUT2D eigenvalue weighted by atomic mass is 16.6. The molecule has 37 heavy (non-hydrogen) atoms. The molecule has 5 heteroatoms. The number of aliphatic carboxylic acids is 1. The van der Waals surface area contributed by atoms with Gasteiger partial charge in [-0.3, -0.25) is 9.59 Å². The minimum Gasteiger partial charge on any atom is -0.480 e. The first-order valence-electron chi connectivity index (χ1n) is 15.7. The summed E-state index contributed by atoms with van der Waals surface area (Å²) < 4.78 is 6.73. The molecule has 0 bridgehead atoms. The molecular formula is C32H53NO4. The zero-order valence-corrected chi connectivity index (χ0v) is 24.2. The first kappa shape index (κ1) is 27.5. The first-order valence-corrected chi connectivity index (χ1v) is 15.7. The van der Waals surface area contributed by atoms with Gasteiger partial charge in [-0.05, 0) is 105 Å². The molecule has 5 fully saturated rings. The van der Waals surface area contributed by atoms with E-state index in [2.05, 4.69) is 39.9 Å². The highest BCUT2D eigenvalue weighted by Gasteiger charge is 2.75. The van der Waals surface area contributed by atoms with Crippen molar-refractivity contribution in [3.8, 4) is 0 Å². The third-order valence-electron chi connectivity index (χ3n) is 12.6. The Balaban J connectivity index is 1.21. The van der Waals surface area contributed by atoms with E-state index in [0.717, 1.165) is 48.3 Å². The van der Waals surface area contributed by atoms with Gasteiger partial charge in [-0.2, -0.15) is 0 Å². The molecule has 0 radical (unpaired) electrons. The molecule has 4 aliphatic carbocycles. The Morgan fingerprint density at radius 3 is 2.54 bits per heavy atom. The number of rotatable bonds is 10. The fourth-order valence-corrected chi connectivity index (χ4v) is 10.6. The number of amides is 1. The summed E-state index contributed by atoms with van der Waals surface area (Å²) >= 11 is 0. The molecule has 4 saturated carbocycles. The van der Waals surface area contributed by atoms with Gasteiger partial charge in [0.2, 0.25) is 5.91 Å². The molecule has 1 spiro atoms. The van der Waals surface area contributed by atoms with Crippen LogP contribution >= 0.6 is 0 Å². The van der Waals surface area contributed by atoms with Gasteiger partial charge in [-0.1, -0.05) is 53.9 Å². The smallest absolute Gasteiger partial charge is 0.322 e. The molecule has 5 nitrogen and oxygen atoms in total. The molecule has 1 aliphatic heterocycles. The molecule has 5 aliphatic rings. The summed E-state index contributed by atoms with van der Waals surface area (Å²) in [6.45, 7) is 12.2. The van der Waals surface area contributed by atoms with Gasteiger partial charge >= 0.3 is 5.97 Å². The third kappa shape index (κ3) is 4.78. The van der Waals surface area contributed by atoms with Crippen molar-refractivity contribution in [2.24, 2.45) is 52.3 Å². The standard InChI is InChI=1S/C32H53NO4/c1-20(2)7-6-8-21(3)24-10-11-25-23-17-27-32(37-27)18-22(9-12-28(34)33-19-29(35)36)13-16-31(32,5)26(23)14-15-30(24,25)4/h20-27H,6-19H2,1-5H3,(H,33,34)(H,35,36)/t21-,22+,23+,24-,25+,26+,27-,30-,31-,32?/m1/s1. The topological polar surface area (TPSA) is 78.9 Å². The van der Waals surface area contributed by atoms with Crippen molar-refractivity contribution in [1.82, 2.24) is 5.32 Å². The van der Waals surface area contributed by atoms with Gasteiger partial charge in [0.1, 0.15) is 12.1 Å². The predicted octanol–water partition coefficient (Wildman–Crippen LogP) is 6.84. The zero-order valence-electron chi connectivity index (χ0n) is 24.2. The highest BCUT2D eigenvalue weighted by molar-refractivity contribution is 5.81. The summed E-state index contributed by atoms with van der Waals surface area (Å²) in [7, 11) is 0. The normalized spacial score (nSPS) is 44.8. The van der Waals surface area contributed by atoms with Crippen LogP contribution in [0.2, 0.25) is 0 Å². The van der Waals surface area contributed by atoms with Crippen LogP contribution in [-0.2, 0) is 14.3 Å². The Morgan fingerprint density at radius 2 is 1.81 bits per heavy atom. The maximum atomic E-state index is 12.1. The summed E-state index contributed by atoms with van der Waals surface area (Å²) in [5.74, 6) is 4.46. The Bertz CT molecular complexity index is 873. The number of epoxide rings is 1. The molecule has 0 aromatic rings. The van der Waals surface area contributed by atoms with E-state index in [4.69, 9.17) is 9.84 Å². The SMILES string of the molecule is CC(C)CCC[C@@H](C)[C@H]1CC[C@H]2[C@@H]3C[C@H]4OC45C[C@@H](CCC(=O)NCC(=O)O)CC[C@]5(C)[C@H]3CC[C@]12C. The highest BCUT2D eigenvalue weighted by Crippen LogP contribution is 2.75. The summed E-state index contributed by atoms with van der Waals surface area (Å²) in [5.41, 5.74) is 0.847. The van der Waals surface area contributed by atoms with E-state index in [-0.39, 0.29) is 23.5 Å². The number of carbonyl (C=O) groups is 2. The lowest BCUT2D eigenvalue weighted by atomic mass is 9.43. The Labute approximate surface area is 225 Å². The van der Waals surface area contributed by atoms with E-state index in [9.17, 15) is 9.59 Å². The molecule has 0 aromatic heterocycles. The lowest BCUT2D eigenvalue weighted by Crippen LogP contribution is -2.58. The third-order valence-corrected chi connectivity index (χ3v) is 12.6. The lowest BCUT2D eigenvalue weighted by molar-refractivity contribution is -0.138. The average Bonchev–Trinajstić information content (AvgIpc) is 3.42. The van der Waals surface area contributed by atoms with Gasteiger partial charge in [0.05, 0.1) is 6.10 Å². The van der Waals surface area contributed by atoms with Crippen LogP contribution in [0.1, 0.15) is 118 Å². The van der Waals surface area contributed by atoms with Crippen molar-refractivity contribution in [3.63, 3.8) is 0 Å². The number of fused-ring (bicyclic) bond motifs is 4. The summed E-state index contributed by atoms with van der Waals surface area (Å²) in [4.78, 5) is 22.8. The molecule has 210 valence electrons. The van der Waals surface area contributed by atoms with Gasteiger partial charge in [-0.15, -0.1) is 0 Å².